The molecule has 1 aromatic heterocycles. The molecule has 0 N–H and O–H groups in total. The third-order valence-corrected chi connectivity index (χ3v) is 4.21. The number of para-hydroxylation sites is 1. The second kappa shape index (κ2) is 5.25. The monoisotopic (exact) mass is 270 g/mol. The van der Waals surface area contributed by atoms with Gasteiger partial charge in [-0.15, -0.1) is 11.3 Å². The first-order valence-corrected chi connectivity index (χ1v) is 6.70. The van der Waals surface area contributed by atoms with Crippen LogP contribution < -0.4 is 4.90 Å². The molecule has 0 bridgehead atoms. The van der Waals surface area contributed by atoms with Gasteiger partial charge in [-0.2, -0.15) is 5.26 Å². The summed E-state index contributed by atoms with van der Waals surface area (Å²) < 4.78 is 0. The van der Waals surface area contributed by atoms with Gasteiger partial charge in [0, 0.05) is 11.9 Å². The average molecular weight is 270 g/mol. The van der Waals surface area contributed by atoms with Gasteiger partial charge in [-0.05, 0) is 37.6 Å². The first kappa shape index (κ1) is 13.3. The molecule has 0 atom stereocenters. The molecule has 0 aliphatic rings. The molecule has 1 heterocycles. The van der Waals surface area contributed by atoms with Crippen LogP contribution in [0.25, 0.3) is 0 Å². The number of nitrogens with zero attached hydrogens (tertiary/aromatic N) is 2. The van der Waals surface area contributed by atoms with E-state index in [0.29, 0.717) is 16.1 Å². The fourth-order valence-electron chi connectivity index (χ4n) is 1.81. The van der Waals surface area contributed by atoms with Gasteiger partial charge in [-0.1, -0.05) is 12.1 Å². The van der Waals surface area contributed by atoms with Crippen molar-refractivity contribution < 1.29 is 4.79 Å². The fourth-order valence-corrected chi connectivity index (χ4v) is 2.82. The molecule has 0 fully saturated rings. The molecular weight excluding hydrogens is 256 g/mol. The largest absolute Gasteiger partial charge is 0.309 e. The predicted octanol–water partition coefficient (Wildman–Crippen LogP) is 3.51. The third kappa shape index (κ3) is 2.51. The summed E-state index contributed by atoms with van der Waals surface area (Å²) in [6, 6.07) is 11.1. The number of thiophene rings is 1. The second-order valence-corrected chi connectivity index (χ2v) is 5.60. The molecule has 0 radical (unpaired) electrons. The molecule has 0 saturated carbocycles. The minimum absolute atomic E-state index is 0.0797. The maximum atomic E-state index is 12.4. The van der Waals surface area contributed by atoms with Crippen molar-refractivity contribution in [3.05, 3.63) is 51.2 Å². The van der Waals surface area contributed by atoms with Gasteiger partial charge < -0.3 is 4.90 Å². The highest BCUT2D eigenvalue weighted by molar-refractivity contribution is 7.14. The van der Waals surface area contributed by atoms with Crippen molar-refractivity contribution in [3.8, 4) is 6.07 Å². The highest BCUT2D eigenvalue weighted by Crippen LogP contribution is 2.25. The van der Waals surface area contributed by atoms with Crippen LogP contribution in [0.4, 0.5) is 5.69 Å². The average Bonchev–Trinajstić information content (AvgIpc) is 2.77. The van der Waals surface area contributed by atoms with E-state index in [-0.39, 0.29) is 5.91 Å². The van der Waals surface area contributed by atoms with E-state index >= 15 is 0 Å². The maximum Gasteiger partial charge on any atom is 0.268 e. The zero-order valence-electron chi connectivity index (χ0n) is 11.1. The lowest BCUT2D eigenvalue weighted by Gasteiger charge is -2.17. The summed E-state index contributed by atoms with van der Waals surface area (Å²) in [4.78, 5) is 15.8. The van der Waals surface area contributed by atoms with Gasteiger partial charge >= 0.3 is 0 Å². The molecule has 0 saturated heterocycles. The van der Waals surface area contributed by atoms with Gasteiger partial charge in [0.15, 0.2) is 0 Å². The molecule has 19 heavy (non-hydrogen) atoms. The predicted molar refractivity (Wildman–Crippen MR) is 77.7 cm³/mol. The molecule has 2 rings (SSSR count). The van der Waals surface area contributed by atoms with Crippen molar-refractivity contribution in [2.75, 3.05) is 11.9 Å². The van der Waals surface area contributed by atoms with E-state index in [9.17, 15) is 4.79 Å². The lowest BCUT2D eigenvalue weighted by atomic mass is 10.1. The molecular formula is C15H14N2OS. The first-order chi connectivity index (χ1) is 9.04. The van der Waals surface area contributed by atoms with Crippen LogP contribution in [0.1, 0.15) is 25.7 Å². The van der Waals surface area contributed by atoms with Crippen molar-refractivity contribution >= 4 is 22.9 Å². The first-order valence-electron chi connectivity index (χ1n) is 5.89. The Bertz CT molecular complexity index is 648. The summed E-state index contributed by atoms with van der Waals surface area (Å²) in [6.07, 6.45) is 0. The van der Waals surface area contributed by atoms with Gasteiger partial charge in [-0.3, -0.25) is 4.79 Å². The standard InChI is InChI=1S/C15H14N2OS/c1-10-8-14(19-11(10)2)15(18)17(3)13-7-5-4-6-12(13)9-16/h4-8H,1-3H3. The number of benzene rings is 1. The van der Waals surface area contributed by atoms with Crippen LogP contribution in [0.3, 0.4) is 0 Å². The molecule has 3 nitrogen and oxygen atoms in total. The summed E-state index contributed by atoms with van der Waals surface area (Å²) in [6.45, 7) is 3.99. The summed E-state index contributed by atoms with van der Waals surface area (Å²) in [5, 5.41) is 9.08. The van der Waals surface area contributed by atoms with Crippen LogP contribution >= 0.6 is 11.3 Å². The van der Waals surface area contributed by atoms with E-state index in [2.05, 4.69) is 6.07 Å². The Hall–Kier alpha value is -2.12. The van der Waals surface area contributed by atoms with Crippen LogP contribution in [0.5, 0.6) is 0 Å². The van der Waals surface area contributed by atoms with E-state index in [0.717, 1.165) is 10.4 Å². The minimum atomic E-state index is -0.0797. The fraction of sp³-hybridized carbons (Fsp3) is 0.200. The second-order valence-electron chi connectivity index (χ2n) is 4.34. The van der Waals surface area contributed by atoms with Crippen LogP contribution in [0.15, 0.2) is 30.3 Å². The van der Waals surface area contributed by atoms with E-state index in [1.54, 1.807) is 25.2 Å². The third-order valence-electron chi connectivity index (χ3n) is 3.07. The van der Waals surface area contributed by atoms with Crippen molar-refractivity contribution in [1.29, 1.82) is 5.26 Å². The number of anilines is 1. The lowest BCUT2D eigenvalue weighted by molar-refractivity contribution is 0.0996. The maximum absolute atomic E-state index is 12.4. The number of hydrogen-bond donors (Lipinski definition) is 0. The highest BCUT2D eigenvalue weighted by atomic mass is 32.1. The number of carbonyl (C=O) groups is 1. The summed E-state index contributed by atoms with van der Waals surface area (Å²) >= 11 is 1.48. The van der Waals surface area contributed by atoms with E-state index in [1.165, 1.54) is 16.2 Å². The van der Waals surface area contributed by atoms with Gasteiger partial charge in [-0.25, -0.2) is 0 Å². The van der Waals surface area contributed by atoms with Crippen molar-refractivity contribution in [2.45, 2.75) is 13.8 Å². The minimum Gasteiger partial charge on any atom is -0.309 e. The van der Waals surface area contributed by atoms with E-state index in [4.69, 9.17) is 5.26 Å². The molecule has 0 spiro atoms. The van der Waals surface area contributed by atoms with Crippen LogP contribution in [-0.2, 0) is 0 Å². The Morgan fingerprint density at radius 3 is 2.58 bits per heavy atom. The Morgan fingerprint density at radius 1 is 1.32 bits per heavy atom. The van der Waals surface area contributed by atoms with Crippen LogP contribution in [-0.4, -0.2) is 13.0 Å². The van der Waals surface area contributed by atoms with Crippen molar-refractivity contribution in [2.24, 2.45) is 0 Å². The van der Waals surface area contributed by atoms with Gasteiger partial charge in [0.05, 0.1) is 16.1 Å². The molecule has 96 valence electrons. The summed E-state index contributed by atoms with van der Waals surface area (Å²) in [7, 11) is 1.70. The Morgan fingerprint density at radius 2 is 2.00 bits per heavy atom. The number of amides is 1. The number of hydrogen-bond acceptors (Lipinski definition) is 3. The molecule has 0 unspecified atom stereocenters. The van der Waals surface area contributed by atoms with Gasteiger partial charge in [0.25, 0.3) is 5.91 Å². The van der Waals surface area contributed by atoms with Crippen LogP contribution in [0, 0.1) is 25.2 Å². The van der Waals surface area contributed by atoms with Gasteiger partial charge in [0.2, 0.25) is 0 Å². The van der Waals surface area contributed by atoms with Crippen LogP contribution in [0.2, 0.25) is 0 Å². The topological polar surface area (TPSA) is 44.1 Å². The number of nitriles is 1. The van der Waals surface area contributed by atoms with Crippen molar-refractivity contribution in [1.82, 2.24) is 0 Å². The van der Waals surface area contributed by atoms with E-state index < -0.39 is 0 Å². The zero-order valence-corrected chi connectivity index (χ0v) is 11.9. The van der Waals surface area contributed by atoms with Gasteiger partial charge in [0.1, 0.15) is 6.07 Å². The lowest BCUT2D eigenvalue weighted by Crippen LogP contribution is -2.26. The Balaban J connectivity index is 2.36. The number of aryl methyl sites for hydroxylation is 2. The number of rotatable bonds is 2. The Labute approximate surface area is 116 Å². The van der Waals surface area contributed by atoms with Crippen molar-refractivity contribution in [3.63, 3.8) is 0 Å². The number of carbonyl (C=O) groups excluding carboxylic acids is 1. The molecule has 0 aliphatic heterocycles. The molecule has 0 aliphatic carbocycles. The normalized spacial score (nSPS) is 10.0. The highest BCUT2D eigenvalue weighted by Gasteiger charge is 2.18. The summed E-state index contributed by atoms with van der Waals surface area (Å²) in [5.41, 5.74) is 2.26. The molecule has 4 heteroatoms. The summed E-state index contributed by atoms with van der Waals surface area (Å²) in [5.74, 6) is -0.0797. The van der Waals surface area contributed by atoms with E-state index in [1.807, 2.05) is 26.0 Å². The SMILES string of the molecule is Cc1cc(C(=O)N(C)c2ccccc2C#N)sc1C. The quantitative estimate of drug-likeness (QED) is 0.838. The molecule has 1 amide bonds. The molecule has 2 aromatic rings. The zero-order chi connectivity index (χ0) is 14.0. The smallest absolute Gasteiger partial charge is 0.268 e. The Kier molecular flexibility index (Phi) is 3.68. The molecule has 1 aromatic carbocycles.